The molecule has 1 atom stereocenters. The minimum absolute atomic E-state index is 0.0239. The van der Waals surface area contributed by atoms with Crippen molar-refractivity contribution >= 4 is 23.4 Å². The maximum absolute atomic E-state index is 13.5. The molecule has 2 amide bonds. The largest absolute Gasteiger partial charge is 0.496 e. The fraction of sp³-hybridized carbons (Fsp3) is 0.375. The van der Waals surface area contributed by atoms with Crippen LogP contribution in [0.3, 0.4) is 0 Å². The molecule has 0 saturated carbocycles. The highest BCUT2D eigenvalue weighted by atomic mass is 35.5. The fourth-order valence-corrected chi connectivity index (χ4v) is 5.43. The lowest BCUT2D eigenvalue weighted by atomic mass is 9.77. The zero-order chi connectivity index (χ0) is 27.8. The molecule has 1 fully saturated rings. The number of rotatable bonds is 10. The van der Waals surface area contributed by atoms with Gasteiger partial charge in [-0.2, -0.15) is 0 Å². The first-order valence-electron chi connectivity index (χ1n) is 13.3. The van der Waals surface area contributed by atoms with Crippen LogP contribution in [0.15, 0.2) is 72.8 Å². The van der Waals surface area contributed by atoms with Gasteiger partial charge in [-0.1, -0.05) is 65.7 Å². The number of aryl methyl sites for hydroxylation is 1. The molecular formula is C32H37ClN2O4. The van der Waals surface area contributed by atoms with Crippen molar-refractivity contribution in [1.82, 2.24) is 9.80 Å². The Morgan fingerprint density at radius 3 is 2.59 bits per heavy atom. The lowest BCUT2D eigenvalue weighted by molar-refractivity contribution is -0.140. The van der Waals surface area contributed by atoms with E-state index in [1.165, 1.54) is 0 Å². The first-order valence-corrected chi connectivity index (χ1v) is 13.7. The molecule has 0 bridgehead atoms. The van der Waals surface area contributed by atoms with Gasteiger partial charge in [0.1, 0.15) is 11.5 Å². The van der Waals surface area contributed by atoms with Crippen molar-refractivity contribution in [3.63, 3.8) is 0 Å². The van der Waals surface area contributed by atoms with E-state index >= 15 is 0 Å². The molecule has 7 heteroatoms. The van der Waals surface area contributed by atoms with Crippen LogP contribution in [0.1, 0.15) is 36.0 Å². The standard InChI is InChI=1S/C32H37ClN2O4/c1-24-13-14-29(38-3)26(17-24)18-30(36)35-16-8-15-32(22-35,23-39-28-12-7-11-27(33)19-28)20-31(37)34(2)21-25-9-5-4-6-10-25/h4-7,9-14,17,19H,8,15-16,18,20-23H2,1-3H3/t32-/m0/s1. The van der Waals surface area contributed by atoms with Crippen LogP contribution in [0.5, 0.6) is 11.5 Å². The van der Waals surface area contributed by atoms with Crippen LogP contribution in [-0.2, 0) is 22.6 Å². The van der Waals surface area contributed by atoms with Crippen LogP contribution in [-0.4, -0.2) is 55.5 Å². The van der Waals surface area contributed by atoms with Gasteiger partial charge in [-0.05, 0) is 49.6 Å². The van der Waals surface area contributed by atoms with E-state index in [1.807, 2.05) is 79.5 Å². The smallest absolute Gasteiger partial charge is 0.227 e. The summed E-state index contributed by atoms with van der Waals surface area (Å²) in [5, 5.41) is 0.591. The van der Waals surface area contributed by atoms with Gasteiger partial charge in [-0.3, -0.25) is 9.59 Å². The number of halogens is 1. The maximum atomic E-state index is 13.5. The number of methoxy groups -OCH3 is 1. The molecule has 1 saturated heterocycles. The average Bonchev–Trinajstić information content (AvgIpc) is 2.93. The van der Waals surface area contributed by atoms with E-state index in [9.17, 15) is 9.59 Å². The van der Waals surface area contributed by atoms with Crippen LogP contribution >= 0.6 is 11.6 Å². The van der Waals surface area contributed by atoms with Crippen LogP contribution in [0, 0.1) is 12.3 Å². The fourth-order valence-electron chi connectivity index (χ4n) is 5.25. The molecule has 3 aromatic rings. The van der Waals surface area contributed by atoms with Gasteiger partial charge in [0.05, 0.1) is 20.1 Å². The minimum atomic E-state index is -0.519. The molecule has 39 heavy (non-hydrogen) atoms. The van der Waals surface area contributed by atoms with Crippen molar-refractivity contribution in [2.24, 2.45) is 5.41 Å². The lowest BCUT2D eigenvalue weighted by Gasteiger charge is -2.43. The van der Waals surface area contributed by atoms with Crippen molar-refractivity contribution in [2.75, 3.05) is 33.9 Å². The third-order valence-electron chi connectivity index (χ3n) is 7.35. The molecule has 6 nitrogen and oxygen atoms in total. The number of benzene rings is 3. The Bertz CT molecular complexity index is 1280. The third kappa shape index (κ3) is 7.76. The highest BCUT2D eigenvalue weighted by molar-refractivity contribution is 6.30. The number of hydrogen-bond donors (Lipinski definition) is 0. The van der Waals surface area contributed by atoms with E-state index in [4.69, 9.17) is 21.1 Å². The number of carbonyl (C=O) groups excluding carboxylic acids is 2. The molecular weight excluding hydrogens is 512 g/mol. The molecule has 0 radical (unpaired) electrons. The number of amides is 2. The van der Waals surface area contributed by atoms with E-state index in [0.717, 1.165) is 29.5 Å². The summed E-state index contributed by atoms with van der Waals surface area (Å²) < 4.78 is 11.7. The molecule has 0 unspecified atom stereocenters. The van der Waals surface area contributed by atoms with Crippen molar-refractivity contribution in [1.29, 1.82) is 0 Å². The minimum Gasteiger partial charge on any atom is -0.496 e. The van der Waals surface area contributed by atoms with Gasteiger partial charge in [-0.15, -0.1) is 0 Å². The van der Waals surface area contributed by atoms with E-state index < -0.39 is 5.41 Å². The SMILES string of the molecule is COc1ccc(C)cc1CC(=O)N1CCC[C@](COc2cccc(Cl)c2)(CC(=O)N(C)Cc2ccccc2)C1. The Balaban J connectivity index is 1.52. The van der Waals surface area contributed by atoms with Crippen molar-refractivity contribution in [2.45, 2.75) is 39.2 Å². The summed E-state index contributed by atoms with van der Waals surface area (Å²) in [4.78, 5) is 30.7. The maximum Gasteiger partial charge on any atom is 0.227 e. The highest BCUT2D eigenvalue weighted by Gasteiger charge is 2.40. The lowest BCUT2D eigenvalue weighted by Crippen LogP contribution is -2.51. The summed E-state index contributed by atoms with van der Waals surface area (Å²) in [5.74, 6) is 1.41. The van der Waals surface area contributed by atoms with Crippen LogP contribution in [0.2, 0.25) is 5.02 Å². The number of ether oxygens (including phenoxy) is 2. The molecule has 206 valence electrons. The van der Waals surface area contributed by atoms with Crippen molar-refractivity contribution in [3.8, 4) is 11.5 Å². The quantitative estimate of drug-likeness (QED) is 0.315. The molecule has 0 aliphatic carbocycles. The molecule has 3 aromatic carbocycles. The number of piperidine rings is 1. The monoisotopic (exact) mass is 548 g/mol. The normalized spacial score (nSPS) is 17.0. The Kier molecular flexibility index (Phi) is 9.52. The molecule has 0 spiro atoms. The van der Waals surface area contributed by atoms with E-state index in [-0.39, 0.29) is 24.7 Å². The Hall–Kier alpha value is -3.51. The van der Waals surface area contributed by atoms with E-state index in [2.05, 4.69) is 0 Å². The number of hydrogen-bond acceptors (Lipinski definition) is 4. The van der Waals surface area contributed by atoms with Gasteiger partial charge in [0.15, 0.2) is 0 Å². The molecule has 0 N–H and O–H groups in total. The number of nitrogens with zero attached hydrogens (tertiary/aromatic N) is 2. The van der Waals surface area contributed by atoms with Gasteiger partial charge in [-0.25, -0.2) is 0 Å². The molecule has 0 aromatic heterocycles. The van der Waals surface area contributed by atoms with Gasteiger partial charge < -0.3 is 19.3 Å². The van der Waals surface area contributed by atoms with Gasteiger partial charge in [0, 0.05) is 49.1 Å². The van der Waals surface area contributed by atoms with Crippen LogP contribution < -0.4 is 9.47 Å². The third-order valence-corrected chi connectivity index (χ3v) is 7.58. The molecule has 4 rings (SSSR count). The molecule has 1 aliphatic heterocycles. The Labute approximate surface area is 236 Å². The Morgan fingerprint density at radius 2 is 1.85 bits per heavy atom. The summed E-state index contributed by atoms with van der Waals surface area (Å²) in [6, 6.07) is 23.1. The molecule has 1 heterocycles. The first-order chi connectivity index (χ1) is 18.8. The van der Waals surface area contributed by atoms with Crippen LogP contribution in [0.25, 0.3) is 0 Å². The second-order valence-corrected chi connectivity index (χ2v) is 11.0. The Morgan fingerprint density at radius 1 is 1.05 bits per heavy atom. The molecule has 1 aliphatic rings. The van der Waals surface area contributed by atoms with Gasteiger partial charge in [0.25, 0.3) is 0 Å². The summed E-state index contributed by atoms with van der Waals surface area (Å²) in [5.41, 5.74) is 2.50. The van der Waals surface area contributed by atoms with E-state index in [1.54, 1.807) is 24.1 Å². The highest BCUT2D eigenvalue weighted by Crippen LogP contribution is 2.36. The summed E-state index contributed by atoms with van der Waals surface area (Å²) in [6.07, 6.45) is 2.12. The van der Waals surface area contributed by atoms with Crippen molar-refractivity contribution < 1.29 is 19.1 Å². The summed E-state index contributed by atoms with van der Waals surface area (Å²) in [7, 11) is 3.45. The zero-order valence-electron chi connectivity index (χ0n) is 23.0. The summed E-state index contributed by atoms with van der Waals surface area (Å²) in [6.45, 7) is 3.95. The van der Waals surface area contributed by atoms with Gasteiger partial charge >= 0.3 is 0 Å². The predicted octanol–water partition coefficient (Wildman–Crippen LogP) is 5.94. The number of carbonyl (C=O) groups is 2. The summed E-state index contributed by atoms with van der Waals surface area (Å²) >= 11 is 6.18. The van der Waals surface area contributed by atoms with Crippen LogP contribution in [0.4, 0.5) is 0 Å². The van der Waals surface area contributed by atoms with E-state index in [0.29, 0.717) is 42.8 Å². The second-order valence-electron chi connectivity index (χ2n) is 10.6. The average molecular weight is 549 g/mol. The zero-order valence-corrected chi connectivity index (χ0v) is 23.7. The first kappa shape index (κ1) is 28.5. The topological polar surface area (TPSA) is 59.1 Å². The van der Waals surface area contributed by atoms with Gasteiger partial charge in [0.2, 0.25) is 11.8 Å². The second kappa shape index (κ2) is 13.0. The number of likely N-dealkylation sites (tertiary alicyclic amines) is 1. The predicted molar refractivity (Wildman–Crippen MR) is 154 cm³/mol. The van der Waals surface area contributed by atoms with Crippen molar-refractivity contribution in [3.05, 3.63) is 94.5 Å².